The summed E-state index contributed by atoms with van der Waals surface area (Å²) in [4.78, 5) is 1.95. The minimum Gasteiger partial charge on any atom is -0.387 e. The summed E-state index contributed by atoms with van der Waals surface area (Å²) in [7, 11) is 1.89. The predicted molar refractivity (Wildman–Crippen MR) is 78.7 cm³/mol. The lowest BCUT2D eigenvalue weighted by Gasteiger charge is -2.29. The van der Waals surface area contributed by atoms with Crippen molar-refractivity contribution in [3.63, 3.8) is 0 Å². The zero-order chi connectivity index (χ0) is 14.5. The average molecular weight is 273 g/mol. The van der Waals surface area contributed by atoms with Crippen molar-refractivity contribution in [3.8, 4) is 0 Å². The third-order valence-electron chi connectivity index (χ3n) is 3.67. The molecule has 20 heavy (non-hydrogen) atoms. The van der Waals surface area contributed by atoms with E-state index < -0.39 is 6.10 Å². The van der Waals surface area contributed by atoms with Gasteiger partial charge in [-0.2, -0.15) is 0 Å². The van der Waals surface area contributed by atoms with Crippen molar-refractivity contribution >= 4 is 0 Å². The van der Waals surface area contributed by atoms with Gasteiger partial charge in [-0.3, -0.25) is 4.90 Å². The number of benzene rings is 2. The molecule has 106 valence electrons. The number of likely N-dealkylation sites (N-methyl/N-ethyl adjacent to an activating group) is 1. The standard InChI is InChI=1S/C17H20FNO/c1-13(17(20)14-8-4-3-5-9-14)19(2)12-15-10-6-7-11-16(15)18/h3-11,13,17,20H,12H2,1-2H3. The smallest absolute Gasteiger partial charge is 0.127 e. The highest BCUT2D eigenvalue weighted by atomic mass is 19.1. The van der Waals surface area contributed by atoms with Crippen LogP contribution in [0.2, 0.25) is 0 Å². The number of rotatable bonds is 5. The predicted octanol–water partition coefficient (Wildman–Crippen LogP) is 3.38. The molecule has 0 heterocycles. The maximum atomic E-state index is 13.6. The normalized spacial score (nSPS) is 14.2. The van der Waals surface area contributed by atoms with Crippen LogP contribution in [0.3, 0.4) is 0 Å². The topological polar surface area (TPSA) is 23.5 Å². The first-order valence-electron chi connectivity index (χ1n) is 6.76. The van der Waals surface area contributed by atoms with Crippen molar-refractivity contribution in [2.24, 2.45) is 0 Å². The van der Waals surface area contributed by atoms with Crippen molar-refractivity contribution in [2.45, 2.75) is 25.6 Å². The van der Waals surface area contributed by atoms with Crippen molar-refractivity contribution in [1.29, 1.82) is 0 Å². The summed E-state index contributed by atoms with van der Waals surface area (Å²) in [5, 5.41) is 10.4. The largest absolute Gasteiger partial charge is 0.387 e. The fourth-order valence-electron chi connectivity index (χ4n) is 2.21. The molecule has 0 aliphatic carbocycles. The SMILES string of the molecule is CC(C(O)c1ccccc1)N(C)Cc1ccccc1F. The summed E-state index contributed by atoms with van der Waals surface area (Å²) >= 11 is 0. The molecule has 2 atom stereocenters. The molecule has 0 bridgehead atoms. The Hall–Kier alpha value is -1.71. The number of hydrogen-bond acceptors (Lipinski definition) is 2. The highest BCUT2D eigenvalue weighted by molar-refractivity contribution is 5.20. The zero-order valence-electron chi connectivity index (χ0n) is 11.8. The van der Waals surface area contributed by atoms with Gasteiger partial charge in [-0.15, -0.1) is 0 Å². The van der Waals surface area contributed by atoms with Crippen molar-refractivity contribution in [3.05, 3.63) is 71.5 Å². The van der Waals surface area contributed by atoms with Crippen molar-refractivity contribution < 1.29 is 9.50 Å². The molecule has 2 rings (SSSR count). The van der Waals surface area contributed by atoms with Gasteiger partial charge in [-0.05, 0) is 25.6 Å². The van der Waals surface area contributed by atoms with Gasteiger partial charge in [-0.1, -0.05) is 48.5 Å². The van der Waals surface area contributed by atoms with E-state index in [1.165, 1.54) is 6.07 Å². The van der Waals surface area contributed by atoms with E-state index in [1.807, 2.05) is 55.3 Å². The first-order valence-corrected chi connectivity index (χ1v) is 6.76. The summed E-state index contributed by atoms with van der Waals surface area (Å²) in [6.07, 6.45) is -0.590. The second kappa shape index (κ2) is 6.64. The molecule has 2 aromatic carbocycles. The van der Waals surface area contributed by atoms with Gasteiger partial charge in [0.05, 0.1) is 6.10 Å². The second-order valence-electron chi connectivity index (χ2n) is 5.10. The van der Waals surface area contributed by atoms with Crippen LogP contribution >= 0.6 is 0 Å². The molecule has 0 aromatic heterocycles. The lowest BCUT2D eigenvalue weighted by atomic mass is 10.0. The van der Waals surface area contributed by atoms with Gasteiger partial charge in [0.15, 0.2) is 0 Å². The van der Waals surface area contributed by atoms with Crippen LogP contribution in [0, 0.1) is 5.82 Å². The Morgan fingerprint density at radius 2 is 1.65 bits per heavy atom. The molecular formula is C17H20FNO. The molecule has 0 aliphatic heterocycles. The van der Waals surface area contributed by atoms with Gasteiger partial charge in [0, 0.05) is 18.2 Å². The molecule has 2 nitrogen and oxygen atoms in total. The van der Waals surface area contributed by atoms with Gasteiger partial charge in [0.1, 0.15) is 5.82 Å². The molecule has 0 amide bonds. The van der Waals surface area contributed by atoms with Gasteiger partial charge < -0.3 is 5.11 Å². The van der Waals surface area contributed by atoms with Crippen LogP contribution in [-0.2, 0) is 6.54 Å². The maximum absolute atomic E-state index is 13.6. The van der Waals surface area contributed by atoms with Crippen molar-refractivity contribution in [2.75, 3.05) is 7.05 Å². The Balaban J connectivity index is 2.05. The van der Waals surface area contributed by atoms with Gasteiger partial charge in [-0.25, -0.2) is 4.39 Å². The molecule has 0 saturated heterocycles. The average Bonchev–Trinajstić information content (AvgIpc) is 2.49. The first-order chi connectivity index (χ1) is 9.59. The third-order valence-corrected chi connectivity index (χ3v) is 3.67. The quantitative estimate of drug-likeness (QED) is 0.902. The molecule has 0 saturated carbocycles. The first kappa shape index (κ1) is 14.7. The third kappa shape index (κ3) is 3.44. The molecule has 2 aromatic rings. The second-order valence-corrected chi connectivity index (χ2v) is 5.10. The molecular weight excluding hydrogens is 253 g/mol. The molecule has 0 fully saturated rings. The van der Waals surface area contributed by atoms with Crippen LogP contribution in [0.5, 0.6) is 0 Å². The number of nitrogens with zero attached hydrogens (tertiary/aromatic N) is 1. The maximum Gasteiger partial charge on any atom is 0.127 e. The summed E-state index contributed by atoms with van der Waals surface area (Å²) in [6.45, 7) is 2.41. The van der Waals surface area contributed by atoms with E-state index in [4.69, 9.17) is 0 Å². The Labute approximate surface area is 119 Å². The Bertz CT molecular complexity index is 544. The molecule has 0 aliphatic rings. The molecule has 3 heteroatoms. The van der Waals surface area contributed by atoms with Crippen LogP contribution in [-0.4, -0.2) is 23.1 Å². The molecule has 1 N–H and O–H groups in total. The fourth-order valence-corrected chi connectivity index (χ4v) is 2.21. The molecule has 0 spiro atoms. The molecule has 2 unspecified atom stereocenters. The number of halogens is 1. The van der Waals surface area contributed by atoms with E-state index in [9.17, 15) is 9.50 Å². The summed E-state index contributed by atoms with van der Waals surface area (Å²) in [5.74, 6) is -0.208. The Morgan fingerprint density at radius 1 is 1.05 bits per heavy atom. The summed E-state index contributed by atoms with van der Waals surface area (Å²) in [5.41, 5.74) is 1.52. The van der Waals surface area contributed by atoms with Gasteiger partial charge >= 0.3 is 0 Å². The Kier molecular flexibility index (Phi) is 4.88. The van der Waals surface area contributed by atoms with Crippen LogP contribution < -0.4 is 0 Å². The number of aliphatic hydroxyl groups is 1. The Morgan fingerprint density at radius 3 is 2.30 bits per heavy atom. The summed E-state index contributed by atoms with van der Waals surface area (Å²) < 4.78 is 13.6. The summed E-state index contributed by atoms with van der Waals surface area (Å²) in [6, 6.07) is 16.2. The molecule has 0 radical (unpaired) electrons. The fraction of sp³-hybridized carbons (Fsp3) is 0.294. The van der Waals surface area contributed by atoms with E-state index in [-0.39, 0.29) is 11.9 Å². The van der Waals surface area contributed by atoms with Crippen LogP contribution in [0.1, 0.15) is 24.2 Å². The van der Waals surface area contributed by atoms with E-state index >= 15 is 0 Å². The monoisotopic (exact) mass is 273 g/mol. The van der Waals surface area contributed by atoms with E-state index in [0.29, 0.717) is 12.1 Å². The van der Waals surface area contributed by atoms with Gasteiger partial charge in [0.2, 0.25) is 0 Å². The minimum absolute atomic E-state index is 0.1000. The van der Waals surface area contributed by atoms with Crippen LogP contribution in [0.15, 0.2) is 54.6 Å². The lowest BCUT2D eigenvalue weighted by molar-refractivity contribution is 0.0683. The van der Waals surface area contributed by atoms with E-state index in [2.05, 4.69) is 0 Å². The minimum atomic E-state index is -0.590. The van der Waals surface area contributed by atoms with Crippen molar-refractivity contribution in [1.82, 2.24) is 4.90 Å². The van der Waals surface area contributed by atoms with Crippen LogP contribution in [0.25, 0.3) is 0 Å². The van der Waals surface area contributed by atoms with Crippen LogP contribution in [0.4, 0.5) is 4.39 Å². The lowest BCUT2D eigenvalue weighted by Crippen LogP contribution is -2.34. The highest BCUT2D eigenvalue weighted by Crippen LogP contribution is 2.21. The number of hydrogen-bond donors (Lipinski definition) is 1. The zero-order valence-corrected chi connectivity index (χ0v) is 11.8. The number of aliphatic hydroxyl groups excluding tert-OH is 1. The highest BCUT2D eigenvalue weighted by Gasteiger charge is 2.21. The van der Waals surface area contributed by atoms with E-state index in [1.54, 1.807) is 12.1 Å². The van der Waals surface area contributed by atoms with Gasteiger partial charge in [0.25, 0.3) is 0 Å². The van der Waals surface area contributed by atoms with E-state index in [0.717, 1.165) is 5.56 Å².